The minimum atomic E-state index is 0. The summed E-state index contributed by atoms with van der Waals surface area (Å²) in [6.07, 6.45) is 1.25. The Hall–Kier alpha value is -1.34. The number of methoxy groups -OCH3 is 1. The van der Waals surface area contributed by atoms with Gasteiger partial charge in [0.05, 0.1) is 13.7 Å². The van der Waals surface area contributed by atoms with E-state index in [4.69, 9.17) is 4.74 Å². The summed E-state index contributed by atoms with van der Waals surface area (Å²) in [5.74, 6) is 0.897. The predicted octanol–water partition coefficient (Wildman–Crippen LogP) is 0.713. The summed E-state index contributed by atoms with van der Waals surface area (Å²) < 4.78 is 5.32. The van der Waals surface area contributed by atoms with Gasteiger partial charge in [0.2, 0.25) is 5.91 Å². The van der Waals surface area contributed by atoms with Gasteiger partial charge < -0.3 is 15.4 Å². The Morgan fingerprint density at radius 2 is 2.04 bits per heavy atom. The van der Waals surface area contributed by atoms with Crippen LogP contribution in [-0.4, -0.2) is 74.7 Å². The maximum Gasteiger partial charge on any atom is 0.234 e. The van der Waals surface area contributed by atoms with E-state index >= 15 is 0 Å². The van der Waals surface area contributed by atoms with E-state index in [0.717, 1.165) is 50.6 Å². The zero-order valence-corrected chi connectivity index (χ0v) is 15.7. The van der Waals surface area contributed by atoms with E-state index in [1.807, 2.05) is 24.3 Å². The molecule has 3 rings (SSSR count). The van der Waals surface area contributed by atoms with Gasteiger partial charge in [-0.3, -0.25) is 14.6 Å². The molecule has 1 atom stereocenters. The first-order chi connectivity index (χ1) is 11.8. The van der Waals surface area contributed by atoms with E-state index in [9.17, 15) is 4.79 Å². The Labute approximate surface area is 156 Å². The number of rotatable bonds is 6. The second kappa shape index (κ2) is 9.97. The maximum atomic E-state index is 12.2. The molecular formula is C18H29ClN4O2. The van der Waals surface area contributed by atoms with Gasteiger partial charge in [-0.15, -0.1) is 12.4 Å². The van der Waals surface area contributed by atoms with Crippen LogP contribution in [0, 0.1) is 0 Å². The first kappa shape index (κ1) is 20.0. The van der Waals surface area contributed by atoms with Crippen molar-refractivity contribution < 1.29 is 9.53 Å². The van der Waals surface area contributed by atoms with E-state index in [-0.39, 0.29) is 18.3 Å². The lowest BCUT2D eigenvalue weighted by Crippen LogP contribution is -2.52. The Morgan fingerprint density at radius 3 is 2.72 bits per heavy atom. The van der Waals surface area contributed by atoms with Gasteiger partial charge in [0.15, 0.2) is 0 Å². The molecule has 2 heterocycles. The van der Waals surface area contributed by atoms with Crippen molar-refractivity contribution in [2.24, 2.45) is 0 Å². The van der Waals surface area contributed by atoms with Crippen molar-refractivity contribution in [1.82, 2.24) is 20.4 Å². The van der Waals surface area contributed by atoms with Crippen LogP contribution in [0.5, 0.6) is 5.75 Å². The van der Waals surface area contributed by atoms with E-state index in [2.05, 4.69) is 20.4 Å². The molecule has 1 aromatic rings. The van der Waals surface area contributed by atoms with Crippen molar-refractivity contribution in [2.45, 2.75) is 19.0 Å². The Balaban J connectivity index is 0.00000225. The number of amides is 1. The van der Waals surface area contributed by atoms with Crippen LogP contribution in [0.1, 0.15) is 12.0 Å². The Kier molecular flexibility index (Phi) is 7.96. The van der Waals surface area contributed by atoms with Crippen LogP contribution in [0.3, 0.4) is 0 Å². The normalized spacial score (nSPS) is 21.6. The minimum absolute atomic E-state index is 0. The molecule has 2 N–H and O–H groups in total. The average Bonchev–Trinajstić information content (AvgIpc) is 3.15. The summed E-state index contributed by atoms with van der Waals surface area (Å²) in [6, 6.07) is 8.48. The standard InChI is InChI=1S/C18H28N4O2.ClH/c1-24-17-5-3-2-4-15(17)12-20-18(23)14-21-8-10-22(11-9-21)16-6-7-19-13-16;/h2-5,16,19H,6-14H2,1H3,(H,20,23);1H. The van der Waals surface area contributed by atoms with Crippen LogP contribution in [0.4, 0.5) is 0 Å². The molecule has 6 nitrogen and oxygen atoms in total. The van der Waals surface area contributed by atoms with Gasteiger partial charge in [-0.05, 0) is 19.0 Å². The van der Waals surface area contributed by atoms with Crippen LogP contribution in [-0.2, 0) is 11.3 Å². The topological polar surface area (TPSA) is 56.8 Å². The fraction of sp³-hybridized carbons (Fsp3) is 0.611. The summed E-state index contributed by atoms with van der Waals surface area (Å²) in [5, 5.41) is 6.43. The number of nitrogens with one attached hydrogen (secondary N) is 2. The van der Waals surface area contributed by atoms with Gasteiger partial charge in [0.1, 0.15) is 5.75 Å². The molecule has 1 unspecified atom stereocenters. The smallest absolute Gasteiger partial charge is 0.234 e. The van der Waals surface area contributed by atoms with Gasteiger partial charge in [0, 0.05) is 50.9 Å². The van der Waals surface area contributed by atoms with Crippen LogP contribution in [0.2, 0.25) is 0 Å². The monoisotopic (exact) mass is 368 g/mol. The van der Waals surface area contributed by atoms with Crippen molar-refractivity contribution in [3.05, 3.63) is 29.8 Å². The SMILES string of the molecule is COc1ccccc1CNC(=O)CN1CCN(C2CCNC2)CC1.Cl. The number of halogens is 1. The second-order valence-electron chi connectivity index (χ2n) is 6.55. The van der Waals surface area contributed by atoms with Crippen LogP contribution < -0.4 is 15.4 Å². The van der Waals surface area contributed by atoms with Crippen molar-refractivity contribution >= 4 is 18.3 Å². The number of hydrogen-bond donors (Lipinski definition) is 2. The number of ether oxygens (including phenoxy) is 1. The van der Waals surface area contributed by atoms with Gasteiger partial charge in [-0.25, -0.2) is 0 Å². The fourth-order valence-corrected chi connectivity index (χ4v) is 3.54. The van der Waals surface area contributed by atoms with Crippen LogP contribution >= 0.6 is 12.4 Å². The molecule has 0 radical (unpaired) electrons. The number of carbonyl (C=O) groups excluding carboxylic acids is 1. The molecule has 0 bridgehead atoms. The average molecular weight is 369 g/mol. The number of carbonyl (C=O) groups is 1. The van der Waals surface area contributed by atoms with Crippen molar-refractivity contribution in [3.63, 3.8) is 0 Å². The highest BCUT2D eigenvalue weighted by atomic mass is 35.5. The molecule has 2 aliphatic rings. The lowest BCUT2D eigenvalue weighted by Gasteiger charge is -2.37. The van der Waals surface area contributed by atoms with Gasteiger partial charge in [0.25, 0.3) is 0 Å². The molecule has 2 fully saturated rings. The molecule has 1 amide bonds. The Bertz CT molecular complexity index is 544. The summed E-state index contributed by atoms with van der Waals surface area (Å²) in [7, 11) is 1.65. The summed E-state index contributed by atoms with van der Waals surface area (Å²) in [4.78, 5) is 17.0. The first-order valence-corrected chi connectivity index (χ1v) is 8.82. The second-order valence-corrected chi connectivity index (χ2v) is 6.55. The number of nitrogens with zero attached hydrogens (tertiary/aromatic N) is 2. The molecule has 0 spiro atoms. The lowest BCUT2D eigenvalue weighted by atomic mass is 10.2. The number of piperazine rings is 1. The number of para-hydroxylation sites is 1. The summed E-state index contributed by atoms with van der Waals surface area (Å²) >= 11 is 0. The maximum absolute atomic E-state index is 12.2. The Morgan fingerprint density at radius 1 is 1.28 bits per heavy atom. The van der Waals surface area contributed by atoms with E-state index in [0.29, 0.717) is 19.1 Å². The molecular weight excluding hydrogens is 340 g/mol. The van der Waals surface area contributed by atoms with Crippen LogP contribution in [0.15, 0.2) is 24.3 Å². The van der Waals surface area contributed by atoms with E-state index in [1.165, 1.54) is 6.42 Å². The van der Waals surface area contributed by atoms with Gasteiger partial charge in [-0.2, -0.15) is 0 Å². The van der Waals surface area contributed by atoms with Crippen LogP contribution in [0.25, 0.3) is 0 Å². The van der Waals surface area contributed by atoms with E-state index in [1.54, 1.807) is 7.11 Å². The third kappa shape index (κ3) is 5.57. The molecule has 1 aromatic carbocycles. The summed E-state index contributed by atoms with van der Waals surface area (Å²) in [5.41, 5.74) is 1.01. The first-order valence-electron chi connectivity index (χ1n) is 8.82. The zero-order valence-electron chi connectivity index (χ0n) is 14.9. The number of hydrogen-bond acceptors (Lipinski definition) is 5. The van der Waals surface area contributed by atoms with Crippen molar-refractivity contribution in [2.75, 3.05) is 52.9 Å². The molecule has 2 saturated heterocycles. The van der Waals surface area contributed by atoms with Gasteiger partial charge >= 0.3 is 0 Å². The zero-order chi connectivity index (χ0) is 16.8. The van der Waals surface area contributed by atoms with E-state index < -0.39 is 0 Å². The highest BCUT2D eigenvalue weighted by Crippen LogP contribution is 2.16. The largest absolute Gasteiger partial charge is 0.496 e. The molecule has 25 heavy (non-hydrogen) atoms. The predicted molar refractivity (Wildman–Crippen MR) is 101 cm³/mol. The number of benzene rings is 1. The lowest BCUT2D eigenvalue weighted by molar-refractivity contribution is -0.122. The molecule has 0 aromatic heterocycles. The molecule has 2 aliphatic heterocycles. The van der Waals surface area contributed by atoms with Crippen molar-refractivity contribution in [1.29, 1.82) is 0 Å². The third-order valence-electron chi connectivity index (χ3n) is 4.99. The molecule has 0 saturated carbocycles. The van der Waals surface area contributed by atoms with Crippen molar-refractivity contribution in [3.8, 4) is 5.75 Å². The highest BCUT2D eigenvalue weighted by molar-refractivity contribution is 5.85. The fourth-order valence-electron chi connectivity index (χ4n) is 3.54. The molecule has 0 aliphatic carbocycles. The highest BCUT2D eigenvalue weighted by Gasteiger charge is 2.26. The quantitative estimate of drug-likeness (QED) is 0.774. The molecule has 140 valence electrons. The molecule has 7 heteroatoms. The third-order valence-corrected chi connectivity index (χ3v) is 4.99. The van der Waals surface area contributed by atoms with Gasteiger partial charge in [-0.1, -0.05) is 18.2 Å². The summed E-state index contributed by atoms with van der Waals surface area (Å²) in [6.45, 7) is 7.30. The minimum Gasteiger partial charge on any atom is -0.496 e.